The summed E-state index contributed by atoms with van der Waals surface area (Å²) in [5.74, 6) is 1.69. The van der Waals surface area contributed by atoms with Gasteiger partial charge >= 0.3 is 0 Å². The van der Waals surface area contributed by atoms with Crippen molar-refractivity contribution in [1.29, 1.82) is 0 Å². The lowest BCUT2D eigenvalue weighted by atomic mass is 10.1. The molecule has 2 rings (SSSR count). The molecule has 0 radical (unpaired) electrons. The maximum Gasteiger partial charge on any atom is 0.119 e. The first kappa shape index (κ1) is 13.8. The fraction of sp³-hybridized carbons (Fsp3) is 0.333. The predicted molar refractivity (Wildman–Crippen MR) is 87.6 cm³/mol. The Labute approximate surface area is 128 Å². The van der Waals surface area contributed by atoms with Crippen molar-refractivity contribution in [2.24, 2.45) is 0 Å². The predicted octanol–water partition coefficient (Wildman–Crippen LogP) is 3.77. The molecule has 21 heavy (non-hydrogen) atoms. The lowest BCUT2D eigenvalue weighted by Crippen LogP contribution is -2.18. The van der Waals surface area contributed by atoms with Crippen LogP contribution in [0.4, 0.5) is 5.69 Å². The Balaban J connectivity index is 1.90. The van der Waals surface area contributed by atoms with E-state index in [-0.39, 0.29) is 6.52 Å². The van der Waals surface area contributed by atoms with Gasteiger partial charge in [-0.3, -0.25) is 0 Å². The largest absolute Gasteiger partial charge is 0.497 e. The summed E-state index contributed by atoms with van der Waals surface area (Å²) >= 11 is 0. The monoisotopic (exact) mass is 286 g/mol. The van der Waals surface area contributed by atoms with Gasteiger partial charge < -0.3 is 14.4 Å². The molecular formula is C18H23NO2. The first-order valence-corrected chi connectivity index (χ1v) is 7.06. The van der Waals surface area contributed by atoms with Crippen LogP contribution in [0.2, 0.25) is 0 Å². The quantitative estimate of drug-likeness (QED) is 0.773. The van der Waals surface area contributed by atoms with E-state index in [4.69, 9.17) is 10.8 Å². The van der Waals surface area contributed by atoms with E-state index in [1.807, 2.05) is 48.3 Å². The number of methoxy groups -OCH3 is 2. The highest BCUT2D eigenvalue weighted by Gasteiger charge is 2.02. The number of ether oxygens (including phenoxy) is 2. The van der Waals surface area contributed by atoms with Crippen LogP contribution in [0.15, 0.2) is 48.5 Å². The Hall–Kier alpha value is -2.16. The average molecular weight is 286 g/mol. The van der Waals surface area contributed by atoms with Crippen molar-refractivity contribution in [1.82, 2.24) is 0 Å². The van der Waals surface area contributed by atoms with Gasteiger partial charge in [-0.2, -0.15) is 0 Å². The Kier molecular flexibility index (Phi) is 4.98. The van der Waals surface area contributed by atoms with Crippen molar-refractivity contribution >= 4 is 5.69 Å². The third kappa shape index (κ3) is 4.42. The van der Waals surface area contributed by atoms with Crippen LogP contribution >= 0.6 is 0 Å². The molecule has 112 valence electrons. The van der Waals surface area contributed by atoms with Crippen molar-refractivity contribution in [3.63, 3.8) is 0 Å². The smallest absolute Gasteiger partial charge is 0.119 e. The Morgan fingerprint density at radius 1 is 0.905 bits per heavy atom. The Morgan fingerprint density at radius 3 is 1.95 bits per heavy atom. The van der Waals surface area contributed by atoms with Crippen molar-refractivity contribution in [2.45, 2.75) is 12.8 Å². The number of benzene rings is 2. The van der Waals surface area contributed by atoms with Crippen LogP contribution in [0.3, 0.4) is 0 Å². The molecule has 2 aromatic rings. The fourth-order valence-corrected chi connectivity index (χ4v) is 2.14. The number of nitrogens with zero attached hydrogens (tertiary/aromatic N) is 1. The summed E-state index contributed by atoms with van der Waals surface area (Å²) in [7, 11) is 5.27. The zero-order valence-electron chi connectivity index (χ0n) is 13.9. The molecule has 2 aromatic carbocycles. The van der Waals surface area contributed by atoms with Gasteiger partial charge in [-0.15, -0.1) is 0 Å². The lowest BCUT2D eigenvalue weighted by Gasteiger charge is -2.19. The molecule has 1 unspecified atom stereocenters. The molecule has 0 saturated carbocycles. The number of aryl methyl sites for hydroxylation is 1. The molecule has 0 fully saturated rings. The van der Waals surface area contributed by atoms with Crippen molar-refractivity contribution < 1.29 is 10.8 Å². The minimum absolute atomic E-state index is 0.282. The number of rotatable bonds is 7. The topological polar surface area (TPSA) is 21.7 Å². The van der Waals surface area contributed by atoms with Gasteiger partial charge in [-0.1, -0.05) is 12.1 Å². The summed E-state index contributed by atoms with van der Waals surface area (Å²) in [6.45, 7) is -0.282. The van der Waals surface area contributed by atoms with E-state index in [0.29, 0.717) is 0 Å². The van der Waals surface area contributed by atoms with E-state index in [9.17, 15) is 0 Å². The Bertz CT molecular complexity index is 569. The highest BCUT2D eigenvalue weighted by atomic mass is 16.5. The van der Waals surface area contributed by atoms with Crippen molar-refractivity contribution in [2.75, 3.05) is 32.7 Å². The third-order valence-corrected chi connectivity index (χ3v) is 3.47. The summed E-state index contributed by atoms with van der Waals surface area (Å²) in [4.78, 5) is 1.98. The van der Waals surface area contributed by atoms with Crippen LogP contribution in [0.1, 0.15) is 13.4 Å². The fourth-order valence-electron chi connectivity index (χ4n) is 2.14. The van der Waals surface area contributed by atoms with Crippen LogP contribution in [0, 0.1) is 0 Å². The summed E-state index contributed by atoms with van der Waals surface area (Å²) in [6, 6.07) is 15.8. The average Bonchev–Trinajstić information content (AvgIpc) is 2.59. The van der Waals surface area contributed by atoms with Gasteiger partial charge in [0.2, 0.25) is 0 Å². The van der Waals surface area contributed by atoms with Crippen LogP contribution in [-0.2, 0) is 6.42 Å². The normalized spacial score (nSPS) is 12.4. The lowest BCUT2D eigenvalue weighted by molar-refractivity contribution is 0.414. The van der Waals surface area contributed by atoms with E-state index in [0.717, 1.165) is 30.0 Å². The van der Waals surface area contributed by atoms with E-state index in [2.05, 4.69) is 12.1 Å². The molecule has 0 aliphatic rings. The number of hydrogen-bond acceptors (Lipinski definition) is 3. The highest BCUT2D eigenvalue weighted by molar-refractivity contribution is 5.48. The molecule has 0 amide bonds. The molecule has 1 atom stereocenters. The van der Waals surface area contributed by atoms with Crippen molar-refractivity contribution in [3.05, 3.63) is 54.1 Å². The summed E-state index contributed by atoms with van der Waals surface area (Å²) in [5.41, 5.74) is 2.25. The second kappa shape index (κ2) is 7.58. The summed E-state index contributed by atoms with van der Waals surface area (Å²) < 4.78 is 18.6. The van der Waals surface area contributed by atoms with Crippen LogP contribution in [0.5, 0.6) is 11.5 Å². The third-order valence-electron chi connectivity index (χ3n) is 3.47. The van der Waals surface area contributed by atoms with E-state index >= 15 is 0 Å². The Morgan fingerprint density at radius 2 is 1.43 bits per heavy atom. The van der Waals surface area contributed by atoms with Crippen LogP contribution < -0.4 is 14.4 Å². The van der Waals surface area contributed by atoms with Crippen molar-refractivity contribution in [3.8, 4) is 11.5 Å². The highest BCUT2D eigenvalue weighted by Crippen LogP contribution is 2.19. The SMILES string of the molecule is [2H]C(CCc1ccc(OC)cc1)N(C)c1ccc(OC)cc1. The molecule has 0 saturated heterocycles. The van der Waals surface area contributed by atoms with E-state index in [1.54, 1.807) is 14.2 Å². The molecule has 3 nitrogen and oxygen atoms in total. The first-order chi connectivity index (χ1) is 10.6. The van der Waals surface area contributed by atoms with Crippen LogP contribution in [0.25, 0.3) is 0 Å². The maximum absolute atomic E-state index is 8.31. The zero-order chi connectivity index (χ0) is 15.9. The molecule has 0 aliphatic heterocycles. The van der Waals surface area contributed by atoms with Gasteiger partial charge in [0, 0.05) is 20.6 Å². The van der Waals surface area contributed by atoms with Gasteiger partial charge in [0.15, 0.2) is 0 Å². The molecule has 0 bridgehead atoms. The molecule has 0 aromatic heterocycles. The molecule has 0 heterocycles. The molecule has 3 heteroatoms. The number of hydrogen-bond donors (Lipinski definition) is 0. The van der Waals surface area contributed by atoms with E-state index < -0.39 is 0 Å². The van der Waals surface area contributed by atoms with Gasteiger partial charge in [0.1, 0.15) is 11.5 Å². The molecular weight excluding hydrogens is 262 g/mol. The minimum Gasteiger partial charge on any atom is -0.497 e. The van der Waals surface area contributed by atoms with Crippen LogP contribution in [-0.4, -0.2) is 27.8 Å². The second-order valence-electron chi connectivity index (χ2n) is 4.88. The first-order valence-electron chi connectivity index (χ1n) is 7.64. The van der Waals surface area contributed by atoms with Gasteiger partial charge in [-0.05, 0) is 54.8 Å². The summed E-state index contributed by atoms with van der Waals surface area (Å²) in [5, 5.41) is 0. The maximum atomic E-state index is 8.31. The van der Waals surface area contributed by atoms with Gasteiger partial charge in [-0.25, -0.2) is 0 Å². The molecule has 0 spiro atoms. The zero-order valence-corrected chi connectivity index (χ0v) is 12.9. The summed E-state index contributed by atoms with van der Waals surface area (Å²) in [6.07, 6.45) is 1.65. The molecule has 0 N–H and O–H groups in total. The van der Waals surface area contributed by atoms with E-state index in [1.165, 1.54) is 5.56 Å². The standard InChI is InChI=1S/C18H23NO2/c1-19(16-8-12-18(21-3)13-9-16)14-4-5-15-6-10-17(20-2)11-7-15/h6-13H,4-5,14H2,1-3H3/i14D. The second-order valence-corrected chi connectivity index (χ2v) is 4.88. The molecule has 0 aliphatic carbocycles. The van der Waals surface area contributed by atoms with Gasteiger partial charge in [0.25, 0.3) is 0 Å². The number of anilines is 1. The van der Waals surface area contributed by atoms with Gasteiger partial charge in [0.05, 0.1) is 14.2 Å². The minimum atomic E-state index is -0.282.